The van der Waals surface area contributed by atoms with E-state index in [1.807, 2.05) is 6.26 Å². The average molecular weight is 422 g/mol. The summed E-state index contributed by atoms with van der Waals surface area (Å²) in [6.07, 6.45) is 7.49. The molecule has 6 heteroatoms. The van der Waals surface area contributed by atoms with Gasteiger partial charge in [0.2, 0.25) is 5.91 Å². The van der Waals surface area contributed by atoms with Crippen LogP contribution in [0.5, 0.6) is 0 Å². The second kappa shape index (κ2) is 9.92. The monoisotopic (exact) mass is 420 g/mol. The van der Waals surface area contributed by atoms with E-state index in [1.54, 1.807) is 11.8 Å². The summed E-state index contributed by atoms with van der Waals surface area (Å²) in [6, 6.07) is 8.13. The number of nitrogens with two attached hydrogens (primary N) is 1. The van der Waals surface area contributed by atoms with Gasteiger partial charge in [-0.25, -0.2) is 0 Å². The zero-order valence-electron chi connectivity index (χ0n) is 13.5. The zero-order valence-corrected chi connectivity index (χ0v) is 16.7. The quantitative estimate of drug-likeness (QED) is 0.702. The van der Waals surface area contributed by atoms with E-state index in [1.165, 1.54) is 18.4 Å². The summed E-state index contributed by atoms with van der Waals surface area (Å²) in [5.41, 5.74) is 7.36. The number of carbonyl (C=O) groups is 1. The minimum atomic E-state index is -0.393. The Hall–Kier alpha value is -0.230. The smallest absolute Gasteiger partial charge is 0.236 e. The molecule has 0 radical (unpaired) electrons. The van der Waals surface area contributed by atoms with Gasteiger partial charge in [0.1, 0.15) is 0 Å². The van der Waals surface area contributed by atoms with Gasteiger partial charge in [-0.1, -0.05) is 40.9 Å². The molecule has 1 saturated carbocycles. The fraction of sp³-hybridized carbons (Fsp3) is 0.588. The molecule has 1 aliphatic carbocycles. The Morgan fingerprint density at radius 1 is 1.35 bits per heavy atom. The lowest BCUT2D eigenvalue weighted by Crippen LogP contribution is -2.46. The van der Waals surface area contributed by atoms with E-state index in [-0.39, 0.29) is 23.7 Å². The van der Waals surface area contributed by atoms with Crippen molar-refractivity contribution >= 4 is 46.0 Å². The first-order valence-electron chi connectivity index (χ1n) is 7.86. The molecule has 0 bridgehead atoms. The Kier molecular flexibility index (Phi) is 8.98. The number of benzene rings is 1. The van der Waals surface area contributed by atoms with Gasteiger partial charge in [-0.2, -0.15) is 11.8 Å². The highest BCUT2D eigenvalue weighted by atomic mass is 79.9. The summed E-state index contributed by atoms with van der Waals surface area (Å²) in [7, 11) is 0. The molecular formula is C17H26BrClN2OS. The minimum Gasteiger partial charge on any atom is -0.354 e. The normalized spacial score (nSPS) is 17.3. The highest BCUT2D eigenvalue weighted by Gasteiger charge is 2.36. The van der Waals surface area contributed by atoms with Gasteiger partial charge >= 0.3 is 0 Å². The summed E-state index contributed by atoms with van der Waals surface area (Å²) in [4.78, 5) is 12.2. The number of halogens is 2. The number of carbonyl (C=O) groups excluding carboxylic acids is 1. The van der Waals surface area contributed by atoms with Crippen LogP contribution in [0.1, 0.15) is 37.7 Å². The van der Waals surface area contributed by atoms with E-state index >= 15 is 0 Å². The Morgan fingerprint density at radius 3 is 2.52 bits per heavy atom. The van der Waals surface area contributed by atoms with Gasteiger partial charge < -0.3 is 11.1 Å². The fourth-order valence-electron chi connectivity index (χ4n) is 3.19. The van der Waals surface area contributed by atoms with Crippen molar-refractivity contribution in [2.45, 2.75) is 43.6 Å². The number of amides is 1. The van der Waals surface area contributed by atoms with Crippen LogP contribution in [0.4, 0.5) is 0 Å². The van der Waals surface area contributed by atoms with Crippen molar-refractivity contribution in [1.29, 1.82) is 0 Å². The van der Waals surface area contributed by atoms with Crippen molar-refractivity contribution in [2.75, 3.05) is 18.6 Å². The molecule has 130 valence electrons. The van der Waals surface area contributed by atoms with Crippen LogP contribution < -0.4 is 11.1 Å². The summed E-state index contributed by atoms with van der Waals surface area (Å²) in [6.45, 7) is 0.695. The van der Waals surface area contributed by atoms with Crippen LogP contribution in [0.2, 0.25) is 0 Å². The lowest BCUT2D eigenvalue weighted by Gasteiger charge is -2.30. The highest BCUT2D eigenvalue weighted by molar-refractivity contribution is 9.10. The molecule has 1 aromatic rings. The van der Waals surface area contributed by atoms with Crippen molar-refractivity contribution in [3.8, 4) is 0 Å². The number of nitrogens with one attached hydrogen (secondary N) is 1. The first-order valence-corrected chi connectivity index (χ1v) is 10.0. The minimum absolute atomic E-state index is 0. The van der Waals surface area contributed by atoms with Crippen LogP contribution in [0.3, 0.4) is 0 Å². The van der Waals surface area contributed by atoms with Gasteiger partial charge in [0.05, 0.1) is 6.04 Å². The molecule has 1 fully saturated rings. The molecule has 0 spiro atoms. The van der Waals surface area contributed by atoms with Gasteiger partial charge in [0.15, 0.2) is 0 Å². The molecule has 0 aromatic heterocycles. The molecule has 0 heterocycles. The molecule has 0 aliphatic heterocycles. The third-order valence-electron chi connectivity index (χ3n) is 4.59. The zero-order chi connectivity index (χ0) is 16.0. The number of rotatable bonds is 7. The van der Waals surface area contributed by atoms with Crippen molar-refractivity contribution < 1.29 is 4.79 Å². The fourth-order valence-corrected chi connectivity index (χ4v) is 3.94. The van der Waals surface area contributed by atoms with Crippen molar-refractivity contribution in [1.82, 2.24) is 5.32 Å². The largest absolute Gasteiger partial charge is 0.354 e. The second-order valence-electron chi connectivity index (χ2n) is 6.10. The van der Waals surface area contributed by atoms with Gasteiger partial charge in [0.25, 0.3) is 0 Å². The predicted molar refractivity (Wildman–Crippen MR) is 106 cm³/mol. The summed E-state index contributed by atoms with van der Waals surface area (Å²) in [5, 5.41) is 3.10. The van der Waals surface area contributed by atoms with E-state index in [2.05, 4.69) is 45.5 Å². The van der Waals surface area contributed by atoms with Gasteiger partial charge in [-0.3, -0.25) is 4.79 Å². The second-order valence-corrected chi connectivity index (χ2v) is 8.00. The standard InChI is InChI=1S/C17H25BrN2OS.ClH/c1-22-11-8-15(19)16(21)20-12-17(9-2-3-10-17)13-4-6-14(18)7-5-13;/h4-7,15H,2-3,8-12,19H2,1H3,(H,20,21);1H/t15-;/m0./s1. The Morgan fingerprint density at radius 2 is 1.96 bits per heavy atom. The molecule has 2 rings (SSSR count). The van der Waals surface area contributed by atoms with E-state index in [0.717, 1.165) is 29.5 Å². The third-order valence-corrected chi connectivity index (χ3v) is 5.76. The van der Waals surface area contributed by atoms with Crippen molar-refractivity contribution in [3.05, 3.63) is 34.3 Å². The average Bonchev–Trinajstić information content (AvgIpc) is 3.01. The van der Waals surface area contributed by atoms with Crippen molar-refractivity contribution in [3.63, 3.8) is 0 Å². The molecule has 1 aliphatic rings. The maximum absolute atomic E-state index is 12.2. The highest BCUT2D eigenvalue weighted by Crippen LogP contribution is 2.40. The first kappa shape index (κ1) is 20.8. The maximum atomic E-state index is 12.2. The summed E-state index contributed by atoms with van der Waals surface area (Å²) < 4.78 is 1.09. The van der Waals surface area contributed by atoms with Crippen LogP contribution in [0.25, 0.3) is 0 Å². The van der Waals surface area contributed by atoms with Crippen LogP contribution in [0, 0.1) is 0 Å². The van der Waals surface area contributed by atoms with Crippen molar-refractivity contribution in [2.24, 2.45) is 5.73 Å². The molecule has 23 heavy (non-hydrogen) atoms. The number of hydrogen-bond donors (Lipinski definition) is 2. The molecule has 1 aromatic carbocycles. The predicted octanol–water partition coefficient (Wildman–Crippen LogP) is 3.88. The van der Waals surface area contributed by atoms with Gasteiger partial charge in [-0.05, 0) is 49.0 Å². The molecule has 1 amide bonds. The maximum Gasteiger partial charge on any atom is 0.236 e. The summed E-state index contributed by atoms with van der Waals surface area (Å²) in [5.74, 6) is 0.907. The lowest BCUT2D eigenvalue weighted by atomic mass is 9.79. The molecular weight excluding hydrogens is 396 g/mol. The van der Waals surface area contributed by atoms with E-state index in [4.69, 9.17) is 5.73 Å². The molecule has 0 saturated heterocycles. The van der Waals surface area contributed by atoms with E-state index in [9.17, 15) is 4.79 Å². The van der Waals surface area contributed by atoms with Gasteiger partial charge in [-0.15, -0.1) is 12.4 Å². The van der Waals surface area contributed by atoms with Crippen LogP contribution in [-0.2, 0) is 10.2 Å². The van der Waals surface area contributed by atoms with Crippen LogP contribution >= 0.6 is 40.1 Å². The van der Waals surface area contributed by atoms with Crippen LogP contribution in [0.15, 0.2) is 28.7 Å². The SMILES string of the molecule is CSCC[C@H](N)C(=O)NCC1(c2ccc(Br)cc2)CCCC1.Cl. The Bertz CT molecular complexity index is 492. The van der Waals surface area contributed by atoms with Gasteiger partial charge in [0, 0.05) is 16.4 Å². The summed E-state index contributed by atoms with van der Waals surface area (Å²) >= 11 is 5.21. The van der Waals surface area contributed by atoms with E-state index in [0.29, 0.717) is 6.54 Å². The van der Waals surface area contributed by atoms with Crippen LogP contribution in [-0.4, -0.2) is 30.5 Å². The molecule has 1 atom stereocenters. The lowest BCUT2D eigenvalue weighted by molar-refractivity contribution is -0.122. The molecule has 0 unspecified atom stereocenters. The first-order chi connectivity index (χ1) is 10.6. The number of thioether (sulfide) groups is 1. The topological polar surface area (TPSA) is 55.1 Å². The third kappa shape index (κ3) is 5.66. The van der Waals surface area contributed by atoms with E-state index < -0.39 is 6.04 Å². The molecule has 3 N–H and O–H groups in total. The Labute approximate surface area is 158 Å². The Balaban J connectivity index is 0.00000264. The molecule has 3 nitrogen and oxygen atoms in total. The number of hydrogen-bond acceptors (Lipinski definition) is 3.